The average Bonchev–Trinajstić information content (AvgIpc) is 3.18. The lowest BCUT2D eigenvalue weighted by Gasteiger charge is -2.22. The molecular weight excluding hydrogens is 432 g/mol. The van der Waals surface area contributed by atoms with Gasteiger partial charge in [0, 0.05) is 38.9 Å². The molecule has 0 bridgehead atoms. The number of nitrogens with two attached hydrogens (primary N) is 1. The number of aliphatic hydroxyl groups excluding tert-OH is 1. The highest BCUT2D eigenvalue weighted by atomic mass is 19.1. The SMILES string of the molecule is CCCCN(CCO)c1nc(N)nc2cn(Cc3c(F)cc(CNCCOC)cc3F)nc12. The predicted molar refractivity (Wildman–Crippen MR) is 123 cm³/mol. The molecule has 0 fully saturated rings. The van der Waals surface area contributed by atoms with Crippen LogP contribution >= 0.6 is 0 Å². The summed E-state index contributed by atoms with van der Waals surface area (Å²) in [5.41, 5.74) is 7.24. The first-order chi connectivity index (χ1) is 16.0. The molecule has 0 aliphatic rings. The van der Waals surface area contributed by atoms with E-state index in [2.05, 4.69) is 27.3 Å². The van der Waals surface area contributed by atoms with Crippen LogP contribution in [0.3, 0.4) is 0 Å². The molecule has 0 radical (unpaired) electrons. The van der Waals surface area contributed by atoms with Crippen LogP contribution in [0.2, 0.25) is 0 Å². The van der Waals surface area contributed by atoms with Gasteiger partial charge >= 0.3 is 0 Å². The Bertz CT molecular complexity index is 1040. The monoisotopic (exact) mass is 463 g/mol. The Labute approximate surface area is 191 Å². The molecule has 11 heteroatoms. The number of halogens is 2. The number of fused-ring (bicyclic) bond motifs is 1. The second kappa shape index (κ2) is 11.8. The minimum atomic E-state index is -0.645. The summed E-state index contributed by atoms with van der Waals surface area (Å²) in [6, 6.07) is 2.64. The van der Waals surface area contributed by atoms with Crippen molar-refractivity contribution in [3.8, 4) is 0 Å². The smallest absolute Gasteiger partial charge is 0.222 e. The molecule has 0 aliphatic heterocycles. The van der Waals surface area contributed by atoms with Gasteiger partial charge in [-0.25, -0.2) is 13.8 Å². The molecule has 3 aromatic rings. The zero-order chi connectivity index (χ0) is 23.8. The summed E-state index contributed by atoms with van der Waals surface area (Å²) in [6.07, 6.45) is 3.46. The molecule has 0 saturated carbocycles. The normalized spacial score (nSPS) is 11.4. The number of rotatable bonds is 13. The number of hydrogen-bond acceptors (Lipinski definition) is 8. The maximum Gasteiger partial charge on any atom is 0.222 e. The lowest BCUT2D eigenvalue weighted by molar-refractivity contribution is 0.199. The number of nitrogen functional groups attached to an aromatic ring is 1. The number of nitrogens with zero attached hydrogens (tertiary/aromatic N) is 5. The van der Waals surface area contributed by atoms with Gasteiger partial charge in [-0.1, -0.05) is 13.3 Å². The molecular formula is C22H31F2N7O2. The van der Waals surface area contributed by atoms with Gasteiger partial charge in [0.1, 0.15) is 17.2 Å². The van der Waals surface area contributed by atoms with E-state index >= 15 is 0 Å². The molecule has 0 aliphatic carbocycles. The van der Waals surface area contributed by atoms with Gasteiger partial charge in [0.15, 0.2) is 11.3 Å². The van der Waals surface area contributed by atoms with Crippen molar-refractivity contribution in [1.29, 1.82) is 0 Å². The minimum absolute atomic E-state index is 0.0566. The summed E-state index contributed by atoms with van der Waals surface area (Å²) in [4.78, 5) is 10.4. The van der Waals surface area contributed by atoms with E-state index in [1.807, 2.05) is 4.90 Å². The van der Waals surface area contributed by atoms with Crippen LogP contribution in [-0.4, -0.2) is 64.8 Å². The number of aliphatic hydroxyl groups is 1. The van der Waals surface area contributed by atoms with E-state index < -0.39 is 11.6 Å². The summed E-state index contributed by atoms with van der Waals surface area (Å²) in [6.45, 7) is 4.36. The first kappa shape index (κ1) is 24.7. The van der Waals surface area contributed by atoms with Crippen LogP contribution < -0.4 is 16.0 Å². The predicted octanol–water partition coefficient (Wildman–Crippen LogP) is 2.07. The highest BCUT2D eigenvalue weighted by Crippen LogP contribution is 2.25. The average molecular weight is 464 g/mol. The van der Waals surface area contributed by atoms with Crippen LogP contribution in [0, 0.1) is 11.6 Å². The van der Waals surface area contributed by atoms with Crippen molar-refractivity contribution in [2.45, 2.75) is 32.9 Å². The van der Waals surface area contributed by atoms with Crippen molar-refractivity contribution in [3.05, 3.63) is 41.1 Å². The number of ether oxygens (including phenoxy) is 1. The molecule has 0 unspecified atom stereocenters. The van der Waals surface area contributed by atoms with E-state index in [1.165, 1.54) is 16.8 Å². The van der Waals surface area contributed by atoms with E-state index in [9.17, 15) is 13.9 Å². The molecule has 3 rings (SSSR count). The second-order valence-electron chi connectivity index (χ2n) is 7.74. The third-order valence-corrected chi connectivity index (χ3v) is 5.19. The first-order valence-corrected chi connectivity index (χ1v) is 11.0. The zero-order valence-corrected chi connectivity index (χ0v) is 19.0. The number of anilines is 2. The molecule has 0 spiro atoms. The number of methoxy groups -OCH3 is 1. The number of benzene rings is 1. The van der Waals surface area contributed by atoms with Crippen LogP contribution in [0.4, 0.5) is 20.5 Å². The Morgan fingerprint density at radius 3 is 2.64 bits per heavy atom. The number of hydrogen-bond donors (Lipinski definition) is 3. The fourth-order valence-electron chi connectivity index (χ4n) is 3.53. The summed E-state index contributed by atoms with van der Waals surface area (Å²) >= 11 is 0. The van der Waals surface area contributed by atoms with Gasteiger partial charge in [-0.15, -0.1) is 0 Å². The lowest BCUT2D eigenvalue weighted by Crippen LogP contribution is -2.29. The highest BCUT2D eigenvalue weighted by molar-refractivity contribution is 5.86. The Balaban J connectivity index is 1.86. The summed E-state index contributed by atoms with van der Waals surface area (Å²) < 4.78 is 35.8. The van der Waals surface area contributed by atoms with Gasteiger partial charge in [0.25, 0.3) is 0 Å². The minimum Gasteiger partial charge on any atom is -0.395 e. The Morgan fingerprint density at radius 1 is 1.21 bits per heavy atom. The molecule has 2 aromatic heterocycles. The fraction of sp³-hybridized carbons (Fsp3) is 0.500. The van der Waals surface area contributed by atoms with Crippen molar-refractivity contribution in [1.82, 2.24) is 25.1 Å². The molecule has 4 N–H and O–H groups in total. The molecule has 9 nitrogen and oxygen atoms in total. The Morgan fingerprint density at radius 2 is 1.97 bits per heavy atom. The van der Waals surface area contributed by atoms with E-state index in [-0.39, 0.29) is 24.7 Å². The van der Waals surface area contributed by atoms with Crippen molar-refractivity contribution in [3.63, 3.8) is 0 Å². The molecule has 33 heavy (non-hydrogen) atoms. The molecule has 1 aromatic carbocycles. The summed E-state index contributed by atoms with van der Waals surface area (Å²) in [5.74, 6) is -0.723. The Hall–Kier alpha value is -2.89. The van der Waals surface area contributed by atoms with Crippen molar-refractivity contribution in [2.75, 3.05) is 50.6 Å². The zero-order valence-electron chi connectivity index (χ0n) is 19.0. The van der Waals surface area contributed by atoms with E-state index in [0.717, 1.165) is 12.8 Å². The van der Waals surface area contributed by atoms with Crippen molar-refractivity contribution >= 4 is 22.8 Å². The quantitative estimate of drug-likeness (QED) is 0.330. The summed E-state index contributed by atoms with van der Waals surface area (Å²) in [7, 11) is 1.59. The highest BCUT2D eigenvalue weighted by Gasteiger charge is 2.18. The molecule has 2 heterocycles. The number of unbranched alkanes of at least 4 members (excludes halogenated alkanes) is 1. The van der Waals surface area contributed by atoms with Gasteiger partial charge in [-0.3, -0.25) is 4.68 Å². The molecule has 0 amide bonds. The molecule has 0 saturated heterocycles. The van der Waals surface area contributed by atoms with E-state index in [1.54, 1.807) is 13.3 Å². The van der Waals surface area contributed by atoms with Crippen LogP contribution in [0.1, 0.15) is 30.9 Å². The Kier molecular flexibility index (Phi) is 8.87. The number of aromatic nitrogens is 4. The van der Waals surface area contributed by atoms with Gasteiger partial charge in [0.05, 0.1) is 26.0 Å². The maximum atomic E-state index is 14.7. The van der Waals surface area contributed by atoms with Gasteiger partial charge in [-0.2, -0.15) is 10.1 Å². The van der Waals surface area contributed by atoms with E-state index in [4.69, 9.17) is 10.5 Å². The first-order valence-electron chi connectivity index (χ1n) is 11.0. The van der Waals surface area contributed by atoms with Crippen molar-refractivity contribution in [2.24, 2.45) is 0 Å². The van der Waals surface area contributed by atoms with Gasteiger partial charge in [-0.05, 0) is 24.1 Å². The standard InChI is InChI=1S/C22H31F2N7O2/c1-3-4-6-30(7-8-32)21-20-19(27-22(25)28-21)14-31(29-20)13-16-17(23)10-15(11-18(16)24)12-26-5-9-33-2/h10-11,14,26,32H,3-9,12-13H2,1-2H3,(H2,25,27). The maximum absolute atomic E-state index is 14.7. The van der Waals surface area contributed by atoms with E-state index in [0.29, 0.717) is 55.2 Å². The summed E-state index contributed by atoms with van der Waals surface area (Å²) in [5, 5.41) is 17.0. The van der Waals surface area contributed by atoms with Crippen LogP contribution in [0.5, 0.6) is 0 Å². The van der Waals surface area contributed by atoms with Crippen LogP contribution in [0.25, 0.3) is 11.0 Å². The largest absolute Gasteiger partial charge is 0.395 e. The third kappa shape index (κ3) is 6.34. The van der Waals surface area contributed by atoms with Crippen LogP contribution in [-0.2, 0) is 17.8 Å². The number of nitrogens with one attached hydrogen (secondary N) is 1. The van der Waals surface area contributed by atoms with Gasteiger partial charge in [0.2, 0.25) is 5.95 Å². The molecule has 0 atom stereocenters. The van der Waals surface area contributed by atoms with Gasteiger partial charge < -0.3 is 25.8 Å². The fourth-order valence-corrected chi connectivity index (χ4v) is 3.53. The second-order valence-corrected chi connectivity index (χ2v) is 7.74. The topological polar surface area (TPSA) is 114 Å². The molecule has 180 valence electrons. The third-order valence-electron chi connectivity index (χ3n) is 5.19. The lowest BCUT2D eigenvalue weighted by atomic mass is 10.1. The van der Waals surface area contributed by atoms with Crippen molar-refractivity contribution < 1.29 is 18.6 Å². The van der Waals surface area contributed by atoms with Crippen LogP contribution in [0.15, 0.2) is 18.3 Å².